The molecule has 0 rings (SSSR count). The van der Waals surface area contributed by atoms with Crippen LogP contribution in [-0.4, -0.2) is 0 Å². The third-order valence-electron chi connectivity index (χ3n) is 7.25. The SMILES string of the molecule is C=CC(C)C[C@H](C)CC(C)(C)CCC(=C)C(C)C(C)[C@@H](C)C(CC)CC. The van der Waals surface area contributed by atoms with Crippen LogP contribution in [0, 0.1) is 40.9 Å². The van der Waals surface area contributed by atoms with E-state index < -0.39 is 0 Å². The van der Waals surface area contributed by atoms with Gasteiger partial charge in [-0.25, -0.2) is 0 Å². The molecule has 0 aromatic rings. The largest absolute Gasteiger partial charge is 0.103 e. The zero-order valence-electron chi connectivity index (χ0n) is 19.7. The van der Waals surface area contributed by atoms with E-state index >= 15 is 0 Å². The van der Waals surface area contributed by atoms with Crippen LogP contribution < -0.4 is 0 Å². The molecular formula is C26H50. The fraction of sp³-hybridized carbons (Fsp3) is 0.846. The first kappa shape index (κ1) is 25.5. The lowest BCUT2D eigenvalue weighted by molar-refractivity contribution is 0.201. The molecule has 0 aromatic heterocycles. The van der Waals surface area contributed by atoms with E-state index in [9.17, 15) is 0 Å². The molecule has 0 aromatic carbocycles. The topological polar surface area (TPSA) is 0 Å². The minimum absolute atomic E-state index is 0.396. The van der Waals surface area contributed by atoms with Gasteiger partial charge in [0.25, 0.3) is 0 Å². The molecule has 0 radical (unpaired) electrons. The van der Waals surface area contributed by atoms with Crippen molar-refractivity contribution >= 4 is 0 Å². The summed E-state index contributed by atoms with van der Waals surface area (Å²) in [4.78, 5) is 0. The van der Waals surface area contributed by atoms with Crippen LogP contribution >= 0.6 is 0 Å². The minimum atomic E-state index is 0.396. The quantitative estimate of drug-likeness (QED) is 0.270. The van der Waals surface area contributed by atoms with Gasteiger partial charge in [0, 0.05) is 0 Å². The van der Waals surface area contributed by atoms with E-state index in [1.54, 1.807) is 0 Å². The van der Waals surface area contributed by atoms with Gasteiger partial charge in [0.2, 0.25) is 0 Å². The molecule has 3 unspecified atom stereocenters. The Morgan fingerprint density at radius 1 is 0.962 bits per heavy atom. The highest BCUT2D eigenvalue weighted by atomic mass is 14.3. The number of allylic oxidation sites excluding steroid dienone is 2. The Labute approximate surface area is 166 Å². The molecule has 0 saturated carbocycles. The van der Waals surface area contributed by atoms with E-state index in [2.05, 4.69) is 81.5 Å². The van der Waals surface area contributed by atoms with Crippen LogP contribution in [0.2, 0.25) is 0 Å². The summed E-state index contributed by atoms with van der Waals surface area (Å²) in [6.07, 6.45) is 9.69. The van der Waals surface area contributed by atoms with Gasteiger partial charge >= 0.3 is 0 Å². The zero-order chi connectivity index (χ0) is 20.5. The van der Waals surface area contributed by atoms with Crippen molar-refractivity contribution < 1.29 is 0 Å². The fourth-order valence-corrected chi connectivity index (χ4v) is 4.87. The Morgan fingerprint density at radius 3 is 1.96 bits per heavy atom. The third kappa shape index (κ3) is 8.92. The predicted molar refractivity (Wildman–Crippen MR) is 121 cm³/mol. The van der Waals surface area contributed by atoms with Crippen LogP contribution in [0.4, 0.5) is 0 Å². The molecule has 0 heterocycles. The normalized spacial score (nSPS) is 18.2. The molecule has 26 heavy (non-hydrogen) atoms. The Bertz CT molecular complexity index is 398. The van der Waals surface area contributed by atoms with Gasteiger partial charge in [-0.3, -0.25) is 0 Å². The molecule has 0 nitrogen and oxygen atoms in total. The number of hydrogen-bond acceptors (Lipinski definition) is 0. The maximum Gasteiger partial charge on any atom is -0.0206 e. The molecule has 0 N–H and O–H groups in total. The smallest absolute Gasteiger partial charge is 0.0206 e. The van der Waals surface area contributed by atoms with Crippen LogP contribution in [0.1, 0.15) is 101 Å². The molecular weight excluding hydrogens is 312 g/mol. The number of hydrogen-bond donors (Lipinski definition) is 0. The van der Waals surface area contributed by atoms with Gasteiger partial charge in [-0.15, -0.1) is 6.58 Å². The Balaban J connectivity index is 4.58. The summed E-state index contributed by atoms with van der Waals surface area (Å²) >= 11 is 0. The molecule has 0 amide bonds. The average molecular weight is 363 g/mol. The van der Waals surface area contributed by atoms with E-state index in [4.69, 9.17) is 0 Å². The molecule has 0 aliphatic rings. The Hall–Kier alpha value is -0.520. The third-order valence-corrected chi connectivity index (χ3v) is 7.25. The van der Waals surface area contributed by atoms with Crippen LogP contribution in [0.3, 0.4) is 0 Å². The van der Waals surface area contributed by atoms with E-state index in [-0.39, 0.29) is 0 Å². The lowest BCUT2D eigenvalue weighted by Gasteiger charge is -2.34. The van der Waals surface area contributed by atoms with Crippen molar-refractivity contribution in [3.8, 4) is 0 Å². The van der Waals surface area contributed by atoms with Crippen molar-refractivity contribution in [2.45, 2.75) is 101 Å². The van der Waals surface area contributed by atoms with E-state index in [0.29, 0.717) is 17.3 Å². The van der Waals surface area contributed by atoms with Gasteiger partial charge in [0.1, 0.15) is 0 Å². The molecule has 0 heteroatoms. The first-order chi connectivity index (χ1) is 12.0. The van der Waals surface area contributed by atoms with Crippen molar-refractivity contribution in [2.24, 2.45) is 40.9 Å². The molecule has 0 fully saturated rings. The predicted octanol–water partition coefficient (Wildman–Crippen LogP) is 8.93. The molecule has 0 saturated heterocycles. The summed E-state index contributed by atoms with van der Waals surface area (Å²) in [5, 5.41) is 0. The van der Waals surface area contributed by atoms with E-state index in [1.807, 2.05) is 0 Å². The summed E-state index contributed by atoms with van der Waals surface area (Å²) in [7, 11) is 0. The van der Waals surface area contributed by atoms with Crippen molar-refractivity contribution in [1.82, 2.24) is 0 Å². The molecule has 154 valence electrons. The lowest BCUT2D eigenvalue weighted by atomic mass is 9.71. The first-order valence-corrected chi connectivity index (χ1v) is 11.3. The summed E-state index contributed by atoms with van der Waals surface area (Å²) in [5.74, 6) is 4.37. The fourth-order valence-electron chi connectivity index (χ4n) is 4.87. The van der Waals surface area contributed by atoms with Gasteiger partial charge in [-0.05, 0) is 66.6 Å². The lowest BCUT2D eigenvalue weighted by Crippen LogP contribution is -2.25. The van der Waals surface area contributed by atoms with Gasteiger partial charge in [-0.1, -0.05) is 93.4 Å². The molecule has 5 atom stereocenters. The van der Waals surface area contributed by atoms with Gasteiger partial charge in [0.05, 0.1) is 0 Å². The molecule has 0 spiro atoms. The van der Waals surface area contributed by atoms with E-state index in [1.165, 1.54) is 44.1 Å². The summed E-state index contributed by atoms with van der Waals surface area (Å²) < 4.78 is 0. The molecule has 0 aliphatic heterocycles. The second-order valence-electron chi connectivity index (χ2n) is 10.2. The summed E-state index contributed by atoms with van der Waals surface area (Å²) in [6, 6.07) is 0. The summed E-state index contributed by atoms with van der Waals surface area (Å²) in [6.45, 7) is 30.0. The van der Waals surface area contributed by atoms with Crippen LogP contribution in [0.25, 0.3) is 0 Å². The maximum absolute atomic E-state index is 4.50. The van der Waals surface area contributed by atoms with Crippen molar-refractivity contribution in [3.63, 3.8) is 0 Å². The zero-order valence-corrected chi connectivity index (χ0v) is 19.7. The van der Waals surface area contributed by atoms with Crippen molar-refractivity contribution in [1.29, 1.82) is 0 Å². The molecule has 0 aliphatic carbocycles. The van der Waals surface area contributed by atoms with Crippen LogP contribution in [-0.2, 0) is 0 Å². The van der Waals surface area contributed by atoms with Crippen molar-refractivity contribution in [2.75, 3.05) is 0 Å². The average Bonchev–Trinajstić information content (AvgIpc) is 2.58. The summed E-state index contributed by atoms with van der Waals surface area (Å²) in [5.41, 5.74) is 1.86. The maximum atomic E-state index is 4.50. The van der Waals surface area contributed by atoms with Gasteiger partial charge in [-0.2, -0.15) is 0 Å². The first-order valence-electron chi connectivity index (χ1n) is 11.3. The van der Waals surface area contributed by atoms with E-state index in [0.717, 1.165) is 23.7 Å². The highest BCUT2D eigenvalue weighted by Gasteiger charge is 2.27. The second-order valence-corrected chi connectivity index (χ2v) is 10.2. The standard InChI is InChI=1S/C26H50/c1-12-19(4)17-20(5)18-26(10,11)16-15-21(6)22(7)23(8)24(9)25(13-2)14-3/h12,19-20,22-25H,1,6,13-18H2,2-5,7-11H3/t19?,20-,22?,23?,24+/m0/s1. The Morgan fingerprint density at radius 2 is 1.50 bits per heavy atom. The second kappa shape index (κ2) is 12.0. The highest BCUT2D eigenvalue weighted by Crippen LogP contribution is 2.38. The Kier molecular flexibility index (Phi) is 11.8. The highest BCUT2D eigenvalue weighted by molar-refractivity contribution is 5.02. The van der Waals surface area contributed by atoms with Crippen molar-refractivity contribution in [3.05, 3.63) is 24.8 Å². The van der Waals surface area contributed by atoms with Gasteiger partial charge < -0.3 is 0 Å². The van der Waals surface area contributed by atoms with Gasteiger partial charge in [0.15, 0.2) is 0 Å². The van der Waals surface area contributed by atoms with Crippen LogP contribution in [0.5, 0.6) is 0 Å². The number of rotatable bonds is 14. The monoisotopic (exact) mass is 362 g/mol. The van der Waals surface area contributed by atoms with Crippen LogP contribution in [0.15, 0.2) is 24.8 Å². The minimum Gasteiger partial charge on any atom is -0.103 e. The molecule has 0 bridgehead atoms.